The zero-order chi connectivity index (χ0) is 40.0. The minimum atomic E-state index is -3.96. The maximum Gasteiger partial charge on any atom is 0.150 e. The minimum absolute atomic E-state index is 0.198. The summed E-state index contributed by atoms with van der Waals surface area (Å²) >= 11 is 0. The highest BCUT2D eigenvalue weighted by Crippen LogP contribution is 2.31. The third-order valence-corrected chi connectivity index (χ3v) is 18.2. The van der Waals surface area contributed by atoms with Crippen LogP contribution in [0.2, 0.25) is 0 Å². The molecule has 0 aromatic carbocycles. The zero-order valence-electron chi connectivity index (χ0n) is 34.9. The van der Waals surface area contributed by atoms with Crippen LogP contribution in [0.4, 0.5) is 0 Å². The van der Waals surface area contributed by atoms with E-state index in [0.717, 1.165) is 128 Å². The summed E-state index contributed by atoms with van der Waals surface area (Å²) < 4.78 is 110. The van der Waals surface area contributed by atoms with Crippen molar-refractivity contribution in [3.05, 3.63) is 0 Å². The van der Waals surface area contributed by atoms with Gasteiger partial charge in [0.1, 0.15) is 0 Å². The fourth-order valence-electron chi connectivity index (χ4n) is 7.52. The van der Waals surface area contributed by atoms with Crippen LogP contribution in [0.3, 0.4) is 0 Å². The van der Waals surface area contributed by atoms with Crippen LogP contribution < -0.4 is 0 Å². The summed E-state index contributed by atoms with van der Waals surface area (Å²) in [5.41, 5.74) is -1.94. The largest absolute Gasteiger partial charge is 0.229 e. The van der Waals surface area contributed by atoms with Crippen molar-refractivity contribution in [1.82, 2.24) is 0 Å². The lowest BCUT2D eigenvalue weighted by molar-refractivity contribution is 0.445. The van der Waals surface area contributed by atoms with Crippen molar-refractivity contribution in [1.29, 1.82) is 0 Å². The molecule has 0 aromatic heterocycles. The molecule has 0 aromatic rings. The fourth-order valence-corrected chi connectivity index (χ4v) is 16.4. The summed E-state index contributed by atoms with van der Waals surface area (Å²) in [5.74, 6) is -3.74. The van der Waals surface area contributed by atoms with Crippen LogP contribution in [0.15, 0.2) is 0 Å². The van der Waals surface area contributed by atoms with Gasteiger partial charge in [-0.1, -0.05) is 182 Å². The molecule has 0 rings (SSSR count). The first kappa shape index (κ1) is 52.8. The summed E-state index contributed by atoms with van der Waals surface area (Å²) in [6.45, 7) is 8.55. The highest BCUT2D eigenvalue weighted by molar-refractivity contribution is 7.94. The molecule has 0 aliphatic carbocycles. The van der Waals surface area contributed by atoms with E-state index in [2.05, 4.69) is 27.7 Å². The summed E-state index contributed by atoms with van der Waals surface area (Å²) in [6.07, 6.45) is 25.4. The van der Waals surface area contributed by atoms with Crippen molar-refractivity contribution in [2.75, 3.05) is 46.0 Å². The predicted octanol–water partition coefficient (Wildman–Crippen LogP) is 10.6. The number of rotatable bonds is 40. The van der Waals surface area contributed by atoms with Gasteiger partial charge >= 0.3 is 0 Å². The molecule has 12 heteroatoms. The lowest BCUT2D eigenvalue weighted by Gasteiger charge is -2.33. The van der Waals surface area contributed by atoms with Crippen LogP contribution in [0.1, 0.15) is 207 Å². The predicted molar refractivity (Wildman–Crippen MR) is 229 cm³/mol. The molecule has 0 unspecified atom stereocenters. The first-order chi connectivity index (χ1) is 25.1. The molecule has 8 nitrogen and oxygen atoms in total. The fraction of sp³-hybridized carbons (Fsp3) is 1.00. The van der Waals surface area contributed by atoms with Gasteiger partial charge < -0.3 is 0 Å². The molecule has 0 aliphatic rings. The Hall–Kier alpha value is -0.200. The van der Waals surface area contributed by atoms with Crippen molar-refractivity contribution in [3.8, 4) is 0 Å². The summed E-state index contributed by atoms with van der Waals surface area (Å²) in [7, 11) is -15.8. The molecule has 0 saturated carbocycles. The van der Waals surface area contributed by atoms with Gasteiger partial charge in [0.25, 0.3) is 0 Å². The van der Waals surface area contributed by atoms with Crippen LogP contribution in [0, 0.1) is 5.41 Å². The van der Waals surface area contributed by atoms with Crippen molar-refractivity contribution >= 4 is 39.3 Å². The van der Waals surface area contributed by atoms with Crippen LogP contribution in [-0.4, -0.2) is 79.7 Å². The summed E-state index contributed by atoms with van der Waals surface area (Å²) in [5, 5.41) is 0. The van der Waals surface area contributed by atoms with Gasteiger partial charge in [-0.15, -0.1) is 0 Å². The number of hydrogen-bond acceptors (Lipinski definition) is 8. The number of sulfone groups is 4. The Labute approximate surface area is 330 Å². The SMILES string of the molecule is CCCCCCCCCS(=O)(=O)CC(CS(=O)(=O)CCCCCCCCC)(CS(=O)(=O)CCCCCCCCC)CS(=O)(=O)CCCCCCCCC. The van der Waals surface area contributed by atoms with E-state index in [4.69, 9.17) is 0 Å². The van der Waals surface area contributed by atoms with E-state index in [1.54, 1.807) is 0 Å². The molecule has 0 radical (unpaired) electrons. The third-order valence-electron chi connectivity index (χ3n) is 10.3. The average molecular weight is 833 g/mol. The van der Waals surface area contributed by atoms with Crippen molar-refractivity contribution in [2.45, 2.75) is 207 Å². The van der Waals surface area contributed by atoms with Crippen LogP contribution in [-0.2, 0) is 39.3 Å². The topological polar surface area (TPSA) is 137 Å². The Morgan fingerprint density at radius 3 is 0.566 bits per heavy atom. The summed E-state index contributed by atoms with van der Waals surface area (Å²) in [6, 6.07) is 0. The van der Waals surface area contributed by atoms with Gasteiger partial charge in [0.15, 0.2) is 39.3 Å². The Balaban J connectivity index is 6.30. The van der Waals surface area contributed by atoms with Gasteiger partial charge in [-0.05, 0) is 25.7 Å². The molecule has 0 aliphatic heterocycles. The molecular formula is C41H84O8S4. The minimum Gasteiger partial charge on any atom is -0.229 e. The van der Waals surface area contributed by atoms with Crippen LogP contribution >= 0.6 is 0 Å². The van der Waals surface area contributed by atoms with E-state index < -0.39 is 67.8 Å². The second kappa shape index (κ2) is 30.9. The Kier molecular flexibility index (Phi) is 30.8. The molecule has 0 N–H and O–H groups in total. The van der Waals surface area contributed by atoms with E-state index in [0.29, 0.717) is 51.4 Å². The second-order valence-electron chi connectivity index (χ2n) is 16.4. The molecule has 0 spiro atoms. The normalized spacial score (nSPS) is 13.2. The zero-order valence-corrected chi connectivity index (χ0v) is 38.1. The Bertz CT molecular complexity index is 1100. The van der Waals surface area contributed by atoms with E-state index in [1.807, 2.05) is 0 Å². The Morgan fingerprint density at radius 1 is 0.245 bits per heavy atom. The highest BCUT2D eigenvalue weighted by Gasteiger charge is 2.45. The highest BCUT2D eigenvalue weighted by atomic mass is 32.2. The van der Waals surface area contributed by atoms with Crippen molar-refractivity contribution < 1.29 is 33.7 Å². The second-order valence-corrected chi connectivity index (χ2v) is 25.1. The monoisotopic (exact) mass is 833 g/mol. The number of hydrogen-bond donors (Lipinski definition) is 0. The molecule has 0 bridgehead atoms. The molecule has 0 heterocycles. The van der Waals surface area contributed by atoms with Gasteiger partial charge in [-0.3, -0.25) is 0 Å². The van der Waals surface area contributed by atoms with E-state index in [1.165, 1.54) is 0 Å². The molecule has 0 atom stereocenters. The maximum absolute atomic E-state index is 13.8. The average Bonchev–Trinajstić information content (AvgIpc) is 3.05. The smallest absolute Gasteiger partial charge is 0.150 e. The molecule has 0 saturated heterocycles. The first-order valence-corrected chi connectivity index (χ1v) is 29.2. The Morgan fingerprint density at radius 2 is 0.396 bits per heavy atom. The van der Waals surface area contributed by atoms with E-state index in [-0.39, 0.29) is 23.0 Å². The molecular weight excluding hydrogens is 749 g/mol. The quantitative estimate of drug-likeness (QED) is 0.0557. The summed E-state index contributed by atoms with van der Waals surface area (Å²) in [4.78, 5) is 0. The van der Waals surface area contributed by atoms with Crippen LogP contribution in [0.25, 0.3) is 0 Å². The van der Waals surface area contributed by atoms with E-state index >= 15 is 0 Å². The molecule has 53 heavy (non-hydrogen) atoms. The van der Waals surface area contributed by atoms with Gasteiger partial charge in [-0.25, -0.2) is 33.7 Å². The van der Waals surface area contributed by atoms with Gasteiger partial charge in [0, 0.05) is 5.41 Å². The number of unbranched alkanes of at least 4 members (excludes halogenated alkanes) is 24. The molecule has 0 fully saturated rings. The first-order valence-electron chi connectivity index (χ1n) is 21.9. The third kappa shape index (κ3) is 31.6. The van der Waals surface area contributed by atoms with Crippen molar-refractivity contribution in [2.24, 2.45) is 5.41 Å². The lowest BCUT2D eigenvalue weighted by atomic mass is 9.99. The molecule has 0 amide bonds. The van der Waals surface area contributed by atoms with Gasteiger partial charge in [-0.2, -0.15) is 0 Å². The standard InChI is InChI=1S/C41H84O8S4/c1-5-9-13-17-21-25-29-33-50(42,43)37-41(38-51(44,45)34-30-26-22-18-14-10-6-2,39-52(46,47)35-31-27-23-19-15-11-7-3)40-53(48,49)36-32-28-24-20-16-12-8-4/h5-40H2,1-4H3. The molecule has 320 valence electrons. The van der Waals surface area contributed by atoms with Crippen LogP contribution in [0.5, 0.6) is 0 Å². The lowest BCUT2D eigenvalue weighted by Crippen LogP contribution is -2.49. The maximum atomic E-state index is 13.8. The van der Waals surface area contributed by atoms with Gasteiger partial charge in [0.2, 0.25) is 0 Å². The van der Waals surface area contributed by atoms with E-state index in [9.17, 15) is 33.7 Å². The van der Waals surface area contributed by atoms with Gasteiger partial charge in [0.05, 0.1) is 46.0 Å². The van der Waals surface area contributed by atoms with Crippen molar-refractivity contribution in [3.63, 3.8) is 0 Å².